The molecule has 0 aliphatic carbocycles. The van der Waals surface area contributed by atoms with E-state index in [2.05, 4.69) is 0 Å². The molecular formula is C16H24O3. The monoisotopic (exact) mass is 264 g/mol. The van der Waals surface area contributed by atoms with Crippen molar-refractivity contribution in [3.8, 4) is 5.75 Å². The number of aryl methyl sites for hydroxylation is 1. The van der Waals surface area contributed by atoms with Crippen molar-refractivity contribution in [2.45, 2.75) is 53.2 Å². The number of hydrogen-bond acceptors (Lipinski definition) is 3. The summed E-state index contributed by atoms with van der Waals surface area (Å²) in [5.41, 5.74) is 1.19. The first-order chi connectivity index (χ1) is 8.93. The molecule has 0 radical (unpaired) electrons. The molecule has 0 saturated heterocycles. The van der Waals surface area contributed by atoms with E-state index in [1.165, 1.54) is 5.56 Å². The van der Waals surface area contributed by atoms with Crippen LogP contribution >= 0.6 is 0 Å². The molecule has 0 aromatic heterocycles. The van der Waals surface area contributed by atoms with E-state index in [1.54, 1.807) is 6.92 Å². The number of ether oxygens (including phenoxy) is 2. The fourth-order valence-corrected chi connectivity index (χ4v) is 1.91. The van der Waals surface area contributed by atoms with Crippen LogP contribution in [0, 0.1) is 12.8 Å². The highest BCUT2D eigenvalue weighted by atomic mass is 16.6. The molecule has 0 aliphatic heterocycles. The molecule has 0 aliphatic rings. The van der Waals surface area contributed by atoms with E-state index in [-0.39, 0.29) is 24.1 Å². The summed E-state index contributed by atoms with van der Waals surface area (Å²) in [5.74, 6) is 0.838. The Kier molecular flexibility index (Phi) is 5.87. The summed E-state index contributed by atoms with van der Waals surface area (Å²) in [4.78, 5) is 11.5. The van der Waals surface area contributed by atoms with Gasteiger partial charge in [-0.1, -0.05) is 38.5 Å². The fraction of sp³-hybridized carbons (Fsp3) is 0.562. The van der Waals surface area contributed by atoms with Crippen LogP contribution in [0.4, 0.5) is 0 Å². The second-order valence-electron chi connectivity index (χ2n) is 5.19. The maximum absolute atomic E-state index is 11.5. The van der Waals surface area contributed by atoms with Gasteiger partial charge in [0.1, 0.15) is 18.0 Å². The quantitative estimate of drug-likeness (QED) is 0.734. The lowest BCUT2D eigenvalue weighted by molar-refractivity contribution is -0.156. The highest BCUT2D eigenvalue weighted by molar-refractivity contribution is 5.69. The SMILES string of the molecule is CCC(=O)OC(C(C)C)C(C)Oc1ccc(C)cc1. The van der Waals surface area contributed by atoms with Crippen LogP contribution in [0.1, 0.15) is 39.7 Å². The molecule has 1 rings (SSSR count). The van der Waals surface area contributed by atoms with Gasteiger partial charge in [-0.15, -0.1) is 0 Å². The van der Waals surface area contributed by atoms with E-state index in [0.717, 1.165) is 5.75 Å². The largest absolute Gasteiger partial charge is 0.487 e. The molecule has 3 nitrogen and oxygen atoms in total. The molecule has 0 heterocycles. The zero-order valence-corrected chi connectivity index (χ0v) is 12.5. The minimum Gasteiger partial charge on any atom is -0.487 e. The van der Waals surface area contributed by atoms with E-state index < -0.39 is 0 Å². The number of carbonyl (C=O) groups is 1. The Bertz CT molecular complexity index is 395. The molecule has 3 heteroatoms. The molecule has 1 aromatic carbocycles. The second kappa shape index (κ2) is 7.17. The van der Waals surface area contributed by atoms with Gasteiger partial charge in [-0.3, -0.25) is 4.79 Å². The van der Waals surface area contributed by atoms with Gasteiger partial charge in [0.2, 0.25) is 0 Å². The Hall–Kier alpha value is -1.51. The van der Waals surface area contributed by atoms with Gasteiger partial charge in [-0.2, -0.15) is 0 Å². The molecular weight excluding hydrogens is 240 g/mol. The normalized spacial score (nSPS) is 14.0. The van der Waals surface area contributed by atoms with Crippen LogP contribution < -0.4 is 4.74 Å². The first kappa shape index (κ1) is 15.5. The minimum atomic E-state index is -0.228. The molecule has 0 fully saturated rings. The lowest BCUT2D eigenvalue weighted by Gasteiger charge is -2.27. The number of carbonyl (C=O) groups excluding carboxylic acids is 1. The zero-order chi connectivity index (χ0) is 14.4. The van der Waals surface area contributed by atoms with Gasteiger partial charge in [0.15, 0.2) is 0 Å². The number of esters is 1. The Labute approximate surface area is 115 Å². The number of benzene rings is 1. The van der Waals surface area contributed by atoms with Crippen LogP contribution in [0.3, 0.4) is 0 Å². The minimum absolute atomic E-state index is 0.168. The average Bonchev–Trinajstić information content (AvgIpc) is 2.37. The maximum atomic E-state index is 11.5. The van der Waals surface area contributed by atoms with Crippen LogP contribution in [-0.4, -0.2) is 18.2 Å². The first-order valence-electron chi connectivity index (χ1n) is 6.86. The Morgan fingerprint density at radius 3 is 2.21 bits per heavy atom. The van der Waals surface area contributed by atoms with Gasteiger partial charge in [0, 0.05) is 6.42 Å². The first-order valence-corrected chi connectivity index (χ1v) is 6.86. The van der Waals surface area contributed by atoms with Gasteiger partial charge in [0.05, 0.1) is 0 Å². The summed E-state index contributed by atoms with van der Waals surface area (Å²) in [6.45, 7) is 9.83. The lowest BCUT2D eigenvalue weighted by Crippen LogP contribution is -2.37. The highest BCUT2D eigenvalue weighted by Crippen LogP contribution is 2.19. The van der Waals surface area contributed by atoms with Crippen LogP contribution in [-0.2, 0) is 9.53 Å². The maximum Gasteiger partial charge on any atom is 0.305 e. The van der Waals surface area contributed by atoms with Crippen molar-refractivity contribution in [2.75, 3.05) is 0 Å². The third-order valence-electron chi connectivity index (χ3n) is 3.02. The molecule has 2 atom stereocenters. The van der Waals surface area contributed by atoms with Crippen molar-refractivity contribution in [1.82, 2.24) is 0 Å². The van der Waals surface area contributed by atoms with Crippen LogP contribution in [0.2, 0.25) is 0 Å². The predicted octanol–water partition coefficient (Wildman–Crippen LogP) is 3.74. The fourth-order valence-electron chi connectivity index (χ4n) is 1.91. The van der Waals surface area contributed by atoms with Gasteiger partial charge < -0.3 is 9.47 Å². The zero-order valence-electron chi connectivity index (χ0n) is 12.5. The molecule has 1 aromatic rings. The van der Waals surface area contributed by atoms with Crippen molar-refractivity contribution < 1.29 is 14.3 Å². The molecule has 0 spiro atoms. The van der Waals surface area contributed by atoms with Crippen molar-refractivity contribution in [3.05, 3.63) is 29.8 Å². The summed E-state index contributed by atoms with van der Waals surface area (Å²) in [6, 6.07) is 7.88. The molecule has 19 heavy (non-hydrogen) atoms. The van der Waals surface area contributed by atoms with E-state index in [0.29, 0.717) is 6.42 Å². The van der Waals surface area contributed by atoms with Crippen LogP contribution in [0.15, 0.2) is 24.3 Å². The predicted molar refractivity (Wildman–Crippen MR) is 76.3 cm³/mol. The van der Waals surface area contributed by atoms with E-state index in [4.69, 9.17) is 9.47 Å². The molecule has 0 N–H and O–H groups in total. The van der Waals surface area contributed by atoms with E-state index >= 15 is 0 Å². The molecule has 0 saturated carbocycles. The Balaban J connectivity index is 2.68. The molecule has 106 valence electrons. The second-order valence-corrected chi connectivity index (χ2v) is 5.19. The van der Waals surface area contributed by atoms with Crippen molar-refractivity contribution in [3.63, 3.8) is 0 Å². The third kappa shape index (κ3) is 4.93. The molecule has 0 amide bonds. The van der Waals surface area contributed by atoms with E-state index in [1.807, 2.05) is 52.0 Å². The van der Waals surface area contributed by atoms with Crippen molar-refractivity contribution in [2.24, 2.45) is 5.92 Å². The van der Waals surface area contributed by atoms with Crippen molar-refractivity contribution in [1.29, 1.82) is 0 Å². The lowest BCUT2D eigenvalue weighted by atomic mass is 10.0. The summed E-state index contributed by atoms with van der Waals surface area (Å²) in [5, 5.41) is 0. The van der Waals surface area contributed by atoms with Gasteiger partial charge >= 0.3 is 5.97 Å². The summed E-state index contributed by atoms with van der Waals surface area (Å²) >= 11 is 0. The van der Waals surface area contributed by atoms with Gasteiger partial charge in [0.25, 0.3) is 0 Å². The average molecular weight is 264 g/mol. The van der Waals surface area contributed by atoms with E-state index in [9.17, 15) is 4.79 Å². The standard InChI is InChI=1S/C16H24O3/c1-6-15(17)19-16(11(2)3)13(5)18-14-9-7-12(4)8-10-14/h7-11,13,16H,6H2,1-5H3. The summed E-state index contributed by atoms with van der Waals surface area (Å²) in [6.07, 6.45) is -0.00698. The number of hydrogen-bond donors (Lipinski definition) is 0. The van der Waals surface area contributed by atoms with Gasteiger partial charge in [-0.25, -0.2) is 0 Å². The topological polar surface area (TPSA) is 35.5 Å². The Morgan fingerprint density at radius 2 is 1.74 bits per heavy atom. The van der Waals surface area contributed by atoms with Crippen LogP contribution in [0.5, 0.6) is 5.75 Å². The van der Waals surface area contributed by atoms with Crippen molar-refractivity contribution >= 4 is 5.97 Å². The Morgan fingerprint density at radius 1 is 1.16 bits per heavy atom. The highest BCUT2D eigenvalue weighted by Gasteiger charge is 2.26. The smallest absolute Gasteiger partial charge is 0.305 e. The number of rotatable bonds is 6. The summed E-state index contributed by atoms with van der Waals surface area (Å²) < 4.78 is 11.3. The third-order valence-corrected chi connectivity index (χ3v) is 3.02. The summed E-state index contributed by atoms with van der Waals surface area (Å²) in [7, 11) is 0. The molecule has 2 unspecified atom stereocenters. The van der Waals surface area contributed by atoms with Crippen LogP contribution in [0.25, 0.3) is 0 Å². The van der Waals surface area contributed by atoms with Gasteiger partial charge in [-0.05, 0) is 31.9 Å². The molecule has 0 bridgehead atoms.